The van der Waals surface area contributed by atoms with E-state index in [9.17, 15) is 10.1 Å². The predicted octanol–water partition coefficient (Wildman–Crippen LogP) is 8.55. The molecule has 0 aliphatic rings. The van der Waals surface area contributed by atoms with Gasteiger partial charge in [-0.3, -0.25) is 0 Å². The number of carbonyl (C=O) groups is 1. The van der Waals surface area contributed by atoms with Crippen LogP contribution < -0.4 is 4.74 Å². The number of carbonyl (C=O) groups excluding carboxylic acids is 1. The van der Waals surface area contributed by atoms with Gasteiger partial charge in [-0.2, -0.15) is 5.26 Å². The lowest BCUT2D eigenvalue weighted by atomic mass is 9.98. The number of nitriles is 1. The molecule has 0 bridgehead atoms. The molecule has 3 rings (SSSR count). The maximum Gasteiger partial charge on any atom is 0.343 e. The minimum Gasteiger partial charge on any atom is -0.422 e. The summed E-state index contributed by atoms with van der Waals surface area (Å²) in [6.45, 7) is 6.65. The van der Waals surface area contributed by atoms with Gasteiger partial charge in [-0.05, 0) is 78.1 Å². The average molecular weight is 468 g/mol. The molecule has 182 valence electrons. The Morgan fingerprint density at radius 1 is 0.857 bits per heavy atom. The second-order valence-corrected chi connectivity index (χ2v) is 9.47. The molecule has 1 atom stereocenters. The molecule has 0 saturated carbocycles. The molecule has 3 aromatic rings. The Morgan fingerprint density at radius 3 is 2.14 bits per heavy atom. The maximum absolute atomic E-state index is 12.7. The van der Waals surface area contributed by atoms with Gasteiger partial charge in [-0.1, -0.05) is 88.9 Å². The van der Waals surface area contributed by atoms with E-state index in [-0.39, 0.29) is 0 Å². The first-order chi connectivity index (χ1) is 17.0. The summed E-state index contributed by atoms with van der Waals surface area (Å²) in [7, 11) is 0. The Kier molecular flexibility index (Phi) is 10.1. The fourth-order valence-electron chi connectivity index (χ4n) is 4.10. The van der Waals surface area contributed by atoms with E-state index in [0.29, 0.717) is 22.8 Å². The molecule has 1 unspecified atom stereocenters. The van der Waals surface area contributed by atoms with Crippen LogP contribution in [0.4, 0.5) is 0 Å². The SMILES string of the molecule is CCCCCCc1ccc(-c2ccc(C(=O)Oc3ccc(CCC(C)CC)cc3C#N)cc2)cc1. The fraction of sp³-hybridized carbons (Fsp3) is 0.375. The van der Waals surface area contributed by atoms with Gasteiger partial charge in [0.1, 0.15) is 11.8 Å². The molecule has 0 spiro atoms. The lowest BCUT2D eigenvalue weighted by Crippen LogP contribution is -2.09. The highest BCUT2D eigenvalue weighted by Gasteiger charge is 2.13. The summed E-state index contributed by atoms with van der Waals surface area (Å²) in [6.07, 6.45) is 9.33. The van der Waals surface area contributed by atoms with E-state index < -0.39 is 5.97 Å². The summed E-state index contributed by atoms with van der Waals surface area (Å²) >= 11 is 0. The number of esters is 1. The van der Waals surface area contributed by atoms with Crippen LogP contribution in [0.1, 0.15) is 86.3 Å². The smallest absolute Gasteiger partial charge is 0.343 e. The number of ether oxygens (including phenoxy) is 1. The van der Waals surface area contributed by atoms with Crippen LogP contribution in [-0.2, 0) is 12.8 Å². The van der Waals surface area contributed by atoms with E-state index in [2.05, 4.69) is 51.1 Å². The third-order valence-electron chi connectivity index (χ3n) is 6.72. The number of hydrogen-bond acceptors (Lipinski definition) is 3. The molecular weight excluding hydrogens is 430 g/mol. The van der Waals surface area contributed by atoms with Crippen LogP contribution in [-0.4, -0.2) is 5.97 Å². The van der Waals surface area contributed by atoms with Crippen LogP contribution in [0.25, 0.3) is 11.1 Å². The lowest BCUT2D eigenvalue weighted by molar-refractivity contribution is 0.0734. The monoisotopic (exact) mass is 467 g/mol. The zero-order valence-corrected chi connectivity index (χ0v) is 21.3. The highest BCUT2D eigenvalue weighted by atomic mass is 16.5. The van der Waals surface area contributed by atoms with Crippen molar-refractivity contribution in [3.63, 3.8) is 0 Å². The third-order valence-corrected chi connectivity index (χ3v) is 6.72. The molecular formula is C32H37NO2. The molecule has 0 aliphatic heterocycles. The van der Waals surface area contributed by atoms with Gasteiger partial charge in [0, 0.05) is 0 Å². The largest absolute Gasteiger partial charge is 0.422 e. The quantitative estimate of drug-likeness (QED) is 0.152. The molecule has 35 heavy (non-hydrogen) atoms. The summed E-state index contributed by atoms with van der Waals surface area (Å²) in [5, 5.41) is 9.56. The summed E-state index contributed by atoms with van der Waals surface area (Å²) in [5.74, 6) is 0.501. The van der Waals surface area contributed by atoms with Gasteiger partial charge in [0.15, 0.2) is 0 Å². The number of unbranched alkanes of at least 4 members (excludes halogenated alkanes) is 3. The zero-order valence-electron chi connectivity index (χ0n) is 21.3. The van der Waals surface area contributed by atoms with Crippen LogP contribution in [0.5, 0.6) is 5.75 Å². The molecule has 0 aliphatic carbocycles. The summed E-state index contributed by atoms with van der Waals surface area (Å²) in [5.41, 5.74) is 5.50. The molecule has 0 aromatic heterocycles. The van der Waals surface area contributed by atoms with E-state index in [4.69, 9.17) is 4.74 Å². The number of rotatable bonds is 12. The molecule has 3 nitrogen and oxygen atoms in total. The molecule has 0 N–H and O–H groups in total. The van der Waals surface area contributed by atoms with Gasteiger partial charge in [-0.15, -0.1) is 0 Å². The lowest BCUT2D eigenvalue weighted by Gasteiger charge is -2.11. The highest BCUT2D eigenvalue weighted by molar-refractivity contribution is 5.92. The molecule has 3 aromatic carbocycles. The second kappa shape index (κ2) is 13.5. The normalized spacial score (nSPS) is 11.6. The molecule has 0 amide bonds. The molecule has 0 fully saturated rings. The van der Waals surface area contributed by atoms with E-state index in [0.717, 1.165) is 42.4 Å². The van der Waals surface area contributed by atoms with Crippen molar-refractivity contribution in [3.05, 3.63) is 89.0 Å². The second-order valence-electron chi connectivity index (χ2n) is 9.47. The van der Waals surface area contributed by atoms with Crippen LogP contribution in [0, 0.1) is 17.2 Å². The Hall–Kier alpha value is -3.38. The minimum atomic E-state index is -0.456. The van der Waals surface area contributed by atoms with E-state index in [1.165, 1.54) is 31.2 Å². The first kappa shape index (κ1) is 26.2. The summed E-state index contributed by atoms with van der Waals surface area (Å²) < 4.78 is 5.58. The Morgan fingerprint density at radius 2 is 1.51 bits per heavy atom. The van der Waals surface area contributed by atoms with E-state index in [1.54, 1.807) is 18.2 Å². The predicted molar refractivity (Wildman–Crippen MR) is 144 cm³/mol. The van der Waals surface area contributed by atoms with Crippen LogP contribution in [0.2, 0.25) is 0 Å². The summed E-state index contributed by atoms with van der Waals surface area (Å²) in [4.78, 5) is 12.7. The van der Waals surface area contributed by atoms with Crippen molar-refractivity contribution < 1.29 is 9.53 Å². The zero-order chi connectivity index (χ0) is 25.0. The Bertz CT molecular complexity index is 1120. The number of benzene rings is 3. The number of aryl methyl sites for hydroxylation is 2. The average Bonchev–Trinajstić information content (AvgIpc) is 2.90. The van der Waals surface area contributed by atoms with E-state index >= 15 is 0 Å². The first-order valence-corrected chi connectivity index (χ1v) is 13.0. The topological polar surface area (TPSA) is 50.1 Å². The van der Waals surface area contributed by atoms with Crippen molar-refractivity contribution in [1.29, 1.82) is 5.26 Å². The molecule has 3 heteroatoms. The van der Waals surface area contributed by atoms with Crippen molar-refractivity contribution in [2.45, 2.75) is 72.1 Å². The Balaban J connectivity index is 1.61. The van der Waals surface area contributed by atoms with Gasteiger partial charge in [0.2, 0.25) is 0 Å². The van der Waals surface area contributed by atoms with Crippen molar-refractivity contribution in [1.82, 2.24) is 0 Å². The Labute approximate surface area is 210 Å². The number of nitrogens with zero attached hydrogens (tertiary/aromatic N) is 1. The standard InChI is InChI=1S/C32H37NO2/c1-4-6-7-8-9-25-12-15-27(16-13-25)28-17-19-29(20-18-28)32(34)35-31-21-14-26(22-30(31)23-33)11-10-24(3)5-2/h12-22,24H,4-11H2,1-3H3. The highest BCUT2D eigenvalue weighted by Crippen LogP contribution is 2.24. The van der Waals surface area contributed by atoms with Crippen molar-refractivity contribution in [2.75, 3.05) is 0 Å². The maximum atomic E-state index is 12.7. The van der Waals surface area contributed by atoms with Crippen LogP contribution >= 0.6 is 0 Å². The van der Waals surface area contributed by atoms with Crippen molar-refractivity contribution in [2.24, 2.45) is 5.92 Å². The first-order valence-electron chi connectivity index (χ1n) is 13.0. The molecule has 0 radical (unpaired) electrons. The van der Waals surface area contributed by atoms with Crippen molar-refractivity contribution >= 4 is 5.97 Å². The van der Waals surface area contributed by atoms with Gasteiger partial charge in [0.05, 0.1) is 11.1 Å². The summed E-state index contributed by atoms with van der Waals surface area (Å²) in [6, 6.07) is 23.8. The number of hydrogen-bond donors (Lipinski definition) is 0. The van der Waals surface area contributed by atoms with E-state index in [1.807, 2.05) is 24.3 Å². The molecule has 0 saturated heterocycles. The van der Waals surface area contributed by atoms with Gasteiger partial charge < -0.3 is 4.74 Å². The van der Waals surface area contributed by atoms with Crippen LogP contribution in [0.3, 0.4) is 0 Å². The van der Waals surface area contributed by atoms with Gasteiger partial charge in [0.25, 0.3) is 0 Å². The molecule has 0 heterocycles. The van der Waals surface area contributed by atoms with Crippen molar-refractivity contribution in [3.8, 4) is 22.9 Å². The van der Waals surface area contributed by atoms with Gasteiger partial charge in [-0.25, -0.2) is 4.79 Å². The van der Waals surface area contributed by atoms with Crippen LogP contribution in [0.15, 0.2) is 66.7 Å². The minimum absolute atomic E-state index is 0.309. The van der Waals surface area contributed by atoms with Gasteiger partial charge >= 0.3 is 5.97 Å². The third kappa shape index (κ3) is 7.82. The fourth-order valence-corrected chi connectivity index (χ4v) is 4.10.